The minimum Gasteiger partial charge on any atom is -0.341 e. The fourth-order valence-corrected chi connectivity index (χ4v) is 1.43. The van der Waals surface area contributed by atoms with Crippen LogP contribution >= 0.6 is 0 Å². The number of rotatable bonds is 2. The van der Waals surface area contributed by atoms with Crippen LogP contribution in [0.3, 0.4) is 0 Å². The van der Waals surface area contributed by atoms with Crippen LogP contribution in [0.1, 0.15) is 19.3 Å². The van der Waals surface area contributed by atoms with Crippen LogP contribution in [-0.2, 0) is 4.79 Å². The Labute approximate surface area is 79.5 Å². The second kappa shape index (κ2) is 5.60. The zero-order chi connectivity index (χ0) is 9.52. The number of carbonyl (C=O) groups excluding carboxylic acids is 1. The highest BCUT2D eigenvalue weighted by molar-refractivity contribution is 5.76. The number of nitrogens with one attached hydrogen (secondary N) is 1. The highest BCUT2D eigenvalue weighted by Crippen LogP contribution is 2.00. The van der Waals surface area contributed by atoms with Gasteiger partial charge >= 0.3 is 0 Å². The van der Waals surface area contributed by atoms with Crippen molar-refractivity contribution in [3.05, 3.63) is 0 Å². The molecule has 3 nitrogen and oxygen atoms in total. The summed E-state index contributed by atoms with van der Waals surface area (Å²) in [4.78, 5) is 13.4. The molecule has 13 heavy (non-hydrogen) atoms. The van der Waals surface area contributed by atoms with Gasteiger partial charge in [-0.3, -0.25) is 4.79 Å². The van der Waals surface area contributed by atoms with Gasteiger partial charge in [-0.1, -0.05) is 0 Å². The molecule has 0 aliphatic carbocycles. The van der Waals surface area contributed by atoms with E-state index in [2.05, 4.69) is 11.2 Å². The lowest BCUT2D eigenvalue weighted by atomic mass is 10.2. The van der Waals surface area contributed by atoms with Crippen LogP contribution in [0.2, 0.25) is 0 Å². The normalized spacial score (nSPS) is 17.6. The average Bonchev–Trinajstić information content (AvgIpc) is 2.42. The summed E-state index contributed by atoms with van der Waals surface area (Å²) in [5.41, 5.74) is 0. The first-order valence-electron chi connectivity index (χ1n) is 4.76. The van der Waals surface area contributed by atoms with Crippen molar-refractivity contribution in [3.63, 3.8) is 0 Å². The van der Waals surface area contributed by atoms with Gasteiger partial charge in [-0.25, -0.2) is 0 Å². The number of terminal acetylenes is 1. The highest BCUT2D eigenvalue weighted by atomic mass is 16.2. The van der Waals surface area contributed by atoms with Crippen molar-refractivity contribution < 1.29 is 4.79 Å². The second-order valence-electron chi connectivity index (χ2n) is 3.19. The number of amides is 1. The van der Waals surface area contributed by atoms with Gasteiger partial charge in [0, 0.05) is 32.5 Å². The Kier molecular flexibility index (Phi) is 4.34. The maximum atomic E-state index is 11.5. The molecule has 0 aromatic heterocycles. The van der Waals surface area contributed by atoms with Gasteiger partial charge in [0.05, 0.1) is 0 Å². The molecule has 0 saturated carbocycles. The molecule has 1 aliphatic rings. The van der Waals surface area contributed by atoms with Gasteiger partial charge < -0.3 is 10.2 Å². The first-order chi connectivity index (χ1) is 6.34. The third-order valence-corrected chi connectivity index (χ3v) is 2.18. The minimum atomic E-state index is 0.196. The van der Waals surface area contributed by atoms with Crippen LogP contribution < -0.4 is 5.32 Å². The van der Waals surface area contributed by atoms with Crippen LogP contribution in [-0.4, -0.2) is 37.0 Å². The molecule has 0 unspecified atom stereocenters. The van der Waals surface area contributed by atoms with E-state index in [1.807, 2.05) is 4.90 Å². The van der Waals surface area contributed by atoms with Crippen molar-refractivity contribution in [2.75, 3.05) is 26.2 Å². The van der Waals surface area contributed by atoms with E-state index < -0.39 is 0 Å². The number of hydrogen-bond acceptors (Lipinski definition) is 2. The maximum Gasteiger partial charge on any atom is 0.223 e. The molecule has 0 atom stereocenters. The Morgan fingerprint density at radius 2 is 2.31 bits per heavy atom. The van der Waals surface area contributed by atoms with Crippen LogP contribution in [0.25, 0.3) is 0 Å². The first-order valence-corrected chi connectivity index (χ1v) is 4.76. The Hall–Kier alpha value is -1.01. The largest absolute Gasteiger partial charge is 0.341 e. The van der Waals surface area contributed by atoms with Gasteiger partial charge in [-0.05, 0) is 13.0 Å². The number of hydrogen-bond donors (Lipinski definition) is 1. The van der Waals surface area contributed by atoms with E-state index in [1.54, 1.807) is 0 Å². The van der Waals surface area contributed by atoms with Crippen LogP contribution in [0.5, 0.6) is 0 Å². The van der Waals surface area contributed by atoms with Gasteiger partial charge in [-0.15, -0.1) is 12.3 Å². The lowest BCUT2D eigenvalue weighted by Gasteiger charge is -2.19. The molecule has 3 heteroatoms. The molecule has 1 rings (SSSR count). The summed E-state index contributed by atoms with van der Waals surface area (Å²) in [5.74, 6) is 2.69. The molecule has 72 valence electrons. The average molecular weight is 180 g/mol. The molecular weight excluding hydrogens is 164 g/mol. The van der Waals surface area contributed by atoms with Crippen molar-refractivity contribution in [2.45, 2.75) is 19.3 Å². The zero-order valence-electron chi connectivity index (χ0n) is 7.88. The van der Waals surface area contributed by atoms with Crippen molar-refractivity contribution in [1.82, 2.24) is 10.2 Å². The van der Waals surface area contributed by atoms with Gasteiger partial charge in [0.15, 0.2) is 0 Å². The van der Waals surface area contributed by atoms with E-state index >= 15 is 0 Å². The molecule has 1 heterocycles. The van der Waals surface area contributed by atoms with E-state index in [-0.39, 0.29) is 5.91 Å². The van der Waals surface area contributed by atoms with Crippen molar-refractivity contribution in [1.29, 1.82) is 0 Å². The molecule has 1 saturated heterocycles. The fraction of sp³-hybridized carbons (Fsp3) is 0.700. The molecule has 1 fully saturated rings. The lowest BCUT2D eigenvalue weighted by molar-refractivity contribution is -0.130. The molecular formula is C10H16N2O. The van der Waals surface area contributed by atoms with Crippen LogP contribution in [0.4, 0.5) is 0 Å². The zero-order valence-corrected chi connectivity index (χ0v) is 7.88. The molecule has 0 aromatic carbocycles. The van der Waals surface area contributed by atoms with Gasteiger partial charge in [-0.2, -0.15) is 0 Å². The van der Waals surface area contributed by atoms with E-state index in [0.717, 1.165) is 32.6 Å². The summed E-state index contributed by atoms with van der Waals surface area (Å²) in [6.45, 7) is 3.61. The Morgan fingerprint density at radius 3 is 3.08 bits per heavy atom. The van der Waals surface area contributed by atoms with Gasteiger partial charge in [0.1, 0.15) is 0 Å². The molecule has 0 bridgehead atoms. The molecule has 0 spiro atoms. The smallest absolute Gasteiger partial charge is 0.223 e. The summed E-state index contributed by atoms with van der Waals surface area (Å²) in [7, 11) is 0. The topological polar surface area (TPSA) is 32.3 Å². The fourth-order valence-electron chi connectivity index (χ4n) is 1.43. The first kappa shape index (κ1) is 10.1. The summed E-state index contributed by atoms with van der Waals surface area (Å²) < 4.78 is 0. The van der Waals surface area contributed by atoms with Crippen molar-refractivity contribution in [3.8, 4) is 12.3 Å². The van der Waals surface area contributed by atoms with Gasteiger partial charge in [0.2, 0.25) is 5.91 Å². The van der Waals surface area contributed by atoms with E-state index in [4.69, 9.17) is 6.42 Å². The van der Waals surface area contributed by atoms with Gasteiger partial charge in [0.25, 0.3) is 0 Å². The standard InChI is InChI=1S/C10H16N2O/c1-2-3-5-10(13)12-8-4-6-11-7-9-12/h1,11H,3-9H2. The molecule has 1 amide bonds. The number of nitrogens with zero attached hydrogens (tertiary/aromatic N) is 1. The minimum absolute atomic E-state index is 0.196. The maximum absolute atomic E-state index is 11.5. The molecule has 1 aliphatic heterocycles. The highest BCUT2D eigenvalue weighted by Gasteiger charge is 2.13. The Bertz CT molecular complexity index is 199. The van der Waals surface area contributed by atoms with Crippen LogP contribution in [0.15, 0.2) is 0 Å². The molecule has 1 N–H and O–H groups in total. The quantitative estimate of drug-likeness (QED) is 0.617. The second-order valence-corrected chi connectivity index (χ2v) is 3.19. The molecule has 0 radical (unpaired) electrons. The van der Waals surface area contributed by atoms with E-state index in [0.29, 0.717) is 12.8 Å². The lowest BCUT2D eigenvalue weighted by Crippen LogP contribution is -2.33. The Balaban J connectivity index is 2.31. The summed E-state index contributed by atoms with van der Waals surface area (Å²) in [6.07, 6.45) is 7.20. The molecule has 0 aromatic rings. The van der Waals surface area contributed by atoms with Crippen molar-refractivity contribution >= 4 is 5.91 Å². The van der Waals surface area contributed by atoms with Crippen LogP contribution in [0, 0.1) is 12.3 Å². The van der Waals surface area contributed by atoms with E-state index in [9.17, 15) is 4.79 Å². The summed E-state index contributed by atoms with van der Waals surface area (Å²) in [6, 6.07) is 0. The number of carbonyl (C=O) groups is 1. The Morgan fingerprint density at radius 1 is 1.46 bits per heavy atom. The van der Waals surface area contributed by atoms with E-state index in [1.165, 1.54) is 0 Å². The summed E-state index contributed by atoms with van der Waals surface area (Å²) in [5, 5.41) is 3.25. The monoisotopic (exact) mass is 180 g/mol. The predicted molar refractivity (Wildman–Crippen MR) is 52.1 cm³/mol. The third-order valence-electron chi connectivity index (χ3n) is 2.18. The predicted octanol–water partition coefficient (Wildman–Crippen LogP) is 0.222. The third kappa shape index (κ3) is 3.47. The van der Waals surface area contributed by atoms with Crippen molar-refractivity contribution in [2.24, 2.45) is 0 Å². The SMILES string of the molecule is C#CCCC(=O)N1CCCNCC1. The summed E-state index contributed by atoms with van der Waals surface area (Å²) >= 11 is 0.